The molecule has 0 aliphatic carbocycles. The predicted octanol–water partition coefficient (Wildman–Crippen LogP) is 3.02. The van der Waals surface area contributed by atoms with Crippen LogP contribution in [0.1, 0.15) is 16.2 Å². The van der Waals surface area contributed by atoms with Crippen molar-refractivity contribution in [3.63, 3.8) is 0 Å². The second kappa shape index (κ2) is 6.13. The third-order valence-corrected chi connectivity index (χ3v) is 3.44. The van der Waals surface area contributed by atoms with Crippen molar-refractivity contribution in [1.29, 1.82) is 0 Å². The van der Waals surface area contributed by atoms with Crippen molar-refractivity contribution in [2.24, 2.45) is 0 Å². The molecule has 3 rings (SSSR count). The Morgan fingerprint density at radius 3 is 2.61 bits per heavy atom. The van der Waals surface area contributed by atoms with Gasteiger partial charge in [0.1, 0.15) is 11.6 Å². The number of rotatable bonds is 3. The molecule has 0 radical (unpaired) electrons. The third kappa shape index (κ3) is 3.04. The summed E-state index contributed by atoms with van der Waals surface area (Å²) in [7, 11) is 0. The quantitative estimate of drug-likeness (QED) is 0.800. The van der Waals surface area contributed by atoms with E-state index in [2.05, 4.69) is 20.3 Å². The average Bonchev–Trinajstić information content (AvgIpc) is 2.94. The van der Waals surface area contributed by atoms with Gasteiger partial charge in [-0.25, -0.2) is 19.3 Å². The summed E-state index contributed by atoms with van der Waals surface area (Å²) in [4.78, 5) is 24.5. The Morgan fingerprint density at radius 1 is 1.26 bits per heavy atom. The molecule has 0 aliphatic heterocycles. The highest BCUT2D eigenvalue weighted by atomic mass is 35.5. The molecule has 3 aromatic rings. The van der Waals surface area contributed by atoms with Crippen LogP contribution in [-0.4, -0.2) is 25.4 Å². The highest BCUT2D eigenvalue weighted by Gasteiger charge is 2.16. The van der Waals surface area contributed by atoms with Gasteiger partial charge in [-0.2, -0.15) is 0 Å². The van der Waals surface area contributed by atoms with E-state index in [0.29, 0.717) is 11.6 Å². The molecule has 0 fully saturated rings. The van der Waals surface area contributed by atoms with Crippen LogP contribution < -0.4 is 5.32 Å². The number of nitrogens with one attached hydrogen (secondary N) is 1. The van der Waals surface area contributed by atoms with Gasteiger partial charge >= 0.3 is 0 Å². The summed E-state index contributed by atoms with van der Waals surface area (Å²) in [5.41, 5.74) is 0.111. The Morgan fingerprint density at radius 2 is 2.00 bits per heavy atom. The van der Waals surface area contributed by atoms with Crippen molar-refractivity contribution >= 4 is 23.2 Å². The van der Waals surface area contributed by atoms with Gasteiger partial charge in [0.15, 0.2) is 0 Å². The lowest BCUT2D eigenvalue weighted by molar-refractivity contribution is 0.102. The zero-order chi connectivity index (χ0) is 16.4. The van der Waals surface area contributed by atoms with Gasteiger partial charge in [0.25, 0.3) is 5.91 Å². The lowest BCUT2D eigenvalue weighted by Crippen LogP contribution is -2.15. The number of amides is 1. The molecular formula is C15H11ClFN5O. The first kappa shape index (κ1) is 15.1. The number of benzene rings is 1. The maximum absolute atomic E-state index is 13.7. The number of aromatic nitrogens is 4. The topological polar surface area (TPSA) is 72.7 Å². The molecule has 23 heavy (non-hydrogen) atoms. The van der Waals surface area contributed by atoms with Gasteiger partial charge in [-0.05, 0) is 19.1 Å². The summed E-state index contributed by atoms with van der Waals surface area (Å²) in [5, 5.41) is 2.55. The number of nitrogens with zero attached hydrogens (tertiary/aromatic N) is 4. The maximum atomic E-state index is 13.7. The van der Waals surface area contributed by atoms with Gasteiger partial charge in [0.2, 0.25) is 5.95 Å². The van der Waals surface area contributed by atoms with Crippen LogP contribution in [0, 0.1) is 12.7 Å². The Hall–Kier alpha value is -2.80. The average molecular weight is 332 g/mol. The van der Waals surface area contributed by atoms with E-state index in [9.17, 15) is 9.18 Å². The molecule has 0 unspecified atom stereocenters. The van der Waals surface area contributed by atoms with Gasteiger partial charge in [-0.15, -0.1) is 0 Å². The normalized spacial score (nSPS) is 10.6. The van der Waals surface area contributed by atoms with Crippen LogP contribution in [-0.2, 0) is 0 Å². The lowest BCUT2D eigenvalue weighted by Gasteiger charge is -2.08. The van der Waals surface area contributed by atoms with Crippen LogP contribution in [0.15, 0.2) is 43.0 Å². The predicted molar refractivity (Wildman–Crippen MR) is 83.3 cm³/mol. The summed E-state index contributed by atoms with van der Waals surface area (Å²) >= 11 is 5.86. The van der Waals surface area contributed by atoms with E-state index in [1.54, 1.807) is 17.0 Å². The van der Waals surface area contributed by atoms with E-state index >= 15 is 0 Å². The summed E-state index contributed by atoms with van der Waals surface area (Å²) in [6.45, 7) is 1.82. The minimum atomic E-state index is -0.693. The zero-order valence-electron chi connectivity index (χ0n) is 12.0. The molecule has 0 bridgehead atoms. The summed E-state index contributed by atoms with van der Waals surface area (Å²) in [5.74, 6) is -0.202. The lowest BCUT2D eigenvalue weighted by atomic mass is 10.2. The van der Waals surface area contributed by atoms with Gasteiger partial charge in [0.05, 0.1) is 28.7 Å². The van der Waals surface area contributed by atoms with E-state index in [4.69, 9.17) is 11.6 Å². The van der Waals surface area contributed by atoms with Crippen LogP contribution >= 0.6 is 11.6 Å². The highest BCUT2D eigenvalue weighted by molar-refractivity contribution is 6.34. The van der Waals surface area contributed by atoms with Gasteiger partial charge in [-0.1, -0.05) is 17.7 Å². The first-order valence-corrected chi connectivity index (χ1v) is 7.02. The summed E-state index contributed by atoms with van der Waals surface area (Å²) < 4.78 is 15.4. The van der Waals surface area contributed by atoms with E-state index in [1.165, 1.54) is 30.6 Å². The molecule has 0 saturated carbocycles. The van der Waals surface area contributed by atoms with Crippen molar-refractivity contribution in [2.45, 2.75) is 6.92 Å². The van der Waals surface area contributed by atoms with Crippen LogP contribution in [0.25, 0.3) is 5.95 Å². The number of hydrogen-bond donors (Lipinski definition) is 1. The molecule has 8 heteroatoms. The fourth-order valence-corrected chi connectivity index (χ4v) is 2.26. The van der Waals surface area contributed by atoms with Gasteiger partial charge in [-0.3, -0.25) is 9.36 Å². The summed E-state index contributed by atoms with van der Waals surface area (Å²) in [6, 6.07) is 4.04. The summed E-state index contributed by atoms with van der Waals surface area (Å²) in [6.07, 6.45) is 6.21. The third-order valence-electron chi connectivity index (χ3n) is 3.13. The Kier molecular flexibility index (Phi) is 4.03. The number of anilines is 1. The number of imidazole rings is 1. The van der Waals surface area contributed by atoms with Crippen molar-refractivity contribution < 1.29 is 9.18 Å². The smallest absolute Gasteiger partial charge is 0.260 e. The number of aryl methyl sites for hydroxylation is 1. The van der Waals surface area contributed by atoms with E-state index in [1.807, 2.05) is 6.92 Å². The monoisotopic (exact) mass is 331 g/mol. The maximum Gasteiger partial charge on any atom is 0.260 e. The number of hydrogen-bond acceptors (Lipinski definition) is 4. The fraction of sp³-hybridized carbons (Fsp3) is 0.0667. The molecule has 1 aromatic carbocycles. The second-order valence-electron chi connectivity index (χ2n) is 4.67. The SMILES string of the molecule is Cc1nccn1-c1ncc(NC(=O)c2c(F)cccc2Cl)cn1. The minimum absolute atomic E-state index is 0.0362. The highest BCUT2D eigenvalue weighted by Crippen LogP contribution is 2.20. The fourth-order valence-electron chi connectivity index (χ4n) is 2.01. The molecule has 1 N–H and O–H groups in total. The first-order valence-electron chi connectivity index (χ1n) is 6.64. The number of carbonyl (C=O) groups excluding carboxylic acids is 1. The van der Waals surface area contributed by atoms with Gasteiger partial charge < -0.3 is 5.32 Å². The van der Waals surface area contributed by atoms with Crippen LogP contribution in [0.3, 0.4) is 0 Å². The van der Waals surface area contributed by atoms with E-state index in [-0.39, 0.29) is 10.6 Å². The molecule has 0 spiro atoms. The van der Waals surface area contributed by atoms with Crippen molar-refractivity contribution in [1.82, 2.24) is 19.5 Å². The van der Waals surface area contributed by atoms with E-state index in [0.717, 1.165) is 5.82 Å². The Balaban J connectivity index is 1.81. The van der Waals surface area contributed by atoms with E-state index < -0.39 is 11.7 Å². The zero-order valence-corrected chi connectivity index (χ0v) is 12.8. The Bertz CT molecular complexity index is 842. The number of carbonyl (C=O) groups is 1. The molecule has 0 atom stereocenters. The standard InChI is InChI=1S/C15H11ClFN5O/c1-9-18-5-6-22(9)15-19-7-10(8-20-15)21-14(23)13-11(16)3-2-4-12(13)17/h2-8H,1H3,(H,21,23). The second-order valence-corrected chi connectivity index (χ2v) is 5.07. The molecule has 2 aromatic heterocycles. The van der Waals surface area contributed by atoms with Crippen LogP contribution in [0.5, 0.6) is 0 Å². The minimum Gasteiger partial charge on any atom is -0.319 e. The number of halogens is 2. The molecule has 2 heterocycles. The molecule has 0 aliphatic rings. The molecule has 0 saturated heterocycles. The first-order chi connectivity index (χ1) is 11.1. The van der Waals surface area contributed by atoms with Crippen LogP contribution in [0.4, 0.5) is 10.1 Å². The molecular weight excluding hydrogens is 321 g/mol. The largest absolute Gasteiger partial charge is 0.319 e. The van der Waals surface area contributed by atoms with Gasteiger partial charge in [0, 0.05) is 12.4 Å². The van der Waals surface area contributed by atoms with Crippen molar-refractivity contribution in [2.75, 3.05) is 5.32 Å². The Labute approximate surface area is 136 Å². The van der Waals surface area contributed by atoms with Crippen molar-refractivity contribution in [3.8, 4) is 5.95 Å². The van der Waals surface area contributed by atoms with Crippen molar-refractivity contribution in [3.05, 3.63) is 65.2 Å². The van der Waals surface area contributed by atoms with Crippen LogP contribution in [0.2, 0.25) is 5.02 Å². The molecule has 116 valence electrons. The molecule has 1 amide bonds. The molecule has 6 nitrogen and oxygen atoms in total.